The smallest absolute Gasteiger partial charge is 0.211 e. The highest BCUT2D eigenvalue weighted by atomic mass is 16.1. The first-order chi connectivity index (χ1) is 7.36. The van der Waals surface area contributed by atoms with Gasteiger partial charge in [0.2, 0.25) is 5.52 Å². The molecule has 0 saturated heterocycles. The van der Waals surface area contributed by atoms with E-state index in [9.17, 15) is 0 Å². The average molecular weight is 204 g/mol. The topological polar surface area (TPSA) is 48.3 Å². The largest absolute Gasteiger partial charge is 0.307 e. The fourth-order valence-electron chi connectivity index (χ4n) is 1.23. The first kappa shape index (κ1) is 13.0. The maximum absolute atomic E-state index is 8.00. The molecule has 3 nitrogen and oxygen atoms in total. The molecule has 0 aliphatic heterocycles. The van der Waals surface area contributed by atoms with Crippen LogP contribution in [-0.2, 0) is 9.59 Å². The van der Waals surface area contributed by atoms with Crippen LogP contribution in [0.25, 0.3) is 10.9 Å². The Hall–Kier alpha value is -2.03. The number of hydrogen-bond acceptors (Lipinski definition) is 2. The van der Waals surface area contributed by atoms with Crippen LogP contribution in [0, 0.1) is 6.92 Å². The molecule has 0 unspecified atom stereocenters. The molecule has 0 atom stereocenters. The molecule has 2 aromatic rings. The standard InChI is InChI=1S/C10H9N.2CH2O/c1-8-4-5-9-3-2-6-11-10(9)7-8;2*1-2/h2-7H,1H3;2*1H2/p+1. The van der Waals surface area contributed by atoms with Gasteiger partial charge >= 0.3 is 0 Å². The van der Waals surface area contributed by atoms with Crippen LogP contribution in [0.2, 0.25) is 0 Å². The number of carbonyl (C=O) groups excluding carboxylic acids is 2. The fourth-order valence-corrected chi connectivity index (χ4v) is 1.23. The second-order valence-electron chi connectivity index (χ2n) is 2.76. The number of rotatable bonds is 0. The third-order valence-corrected chi connectivity index (χ3v) is 1.82. The van der Waals surface area contributed by atoms with Crippen LogP contribution < -0.4 is 4.98 Å². The number of aryl methyl sites for hydroxylation is 1. The highest BCUT2D eigenvalue weighted by molar-refractivity contribution is 5.75. The number of pyridine rings is 1. The zero-order valence-electron chi connectivity index (χ0n) is 8.69. The Balaban J connectivity index is 0.000000442. The molecule has 78 valence electrons. The summed E-state index contributed by atoms with van der Waals surface area (Å²) in [6, 6.07) is 10.5. The van der Waals surface area contributed by atoms with E-state index in [0.717, 1.165) is 0 Å². The van der Waals surface area contributed by atoms with Crippen molar-refractivity contribution in [1.29, 1.82) is 0 Å². The molecule has 1 aromatic heterocycles. The predicted molar refractivity (Wildman–Crippen MR) is 59.5 cm³/mol. The normalized spacial score (nSPS) is 8.07. The molecule has 0 spiro atoms. The molecule has 0 aliphatic rings. The molecule has 0 aliphatic carbocycles. The highest BCUT2D eigenvalue weighted by Crippen LogP contribution is 2.09. The van der Waals surface area contributed by atoms with Crippen molar-refractivity contribution < 1.29 is 14.6 Å². The summed E-state index contributed by atoms with van der Waals surface area (Å²) in [5, 5.41) is 1.26. The molecule has 2 rings (SSSR count). The summed E-state index contributed by atoms with van der Waals surface area (Å²) in [6.07, 6.45) is 1.95. The summed E-state index contributed by atoms with van der Waals surface area (Å²) in [6.45, 7) is 6.10. The first-order valence-corrected chi connectivity index (χ1v) is 4.31. The Bertz CT molecular complexity index is 413. The van der Waals surface area contributed by atoms with E-state index < -0.39 is 0 Å². The Morgan fingerprint density at radius 2 is 1.73 bits per heavy atom. The molecule has 0 fully saturated rings. The SMILES string of the molecule is C=O.C=O.Cc1ccc2ccc[nH+]c2c1. The van der Waals surface area contributed by atoms with Crippen LogP contribution in [0.1, 0.15) is 5.56 Å². The first-order valence-electron chi connectivity index (χ1n) is 4.31. The van der Waals surface area contributed by atoms with Crippen molar-refractivity contribution in [2.75, 3.05) is 0 Å². The Morgan fingerprint density at radius 1 is 1.07 bits per heavy atom. The molecule has 0 amide bonds. The zero-order valence-corrected chi connectivity index (χ0v) is 8.69. The molecule has 15 heavy (non-hydrogen) atoms. The minimum Gasteiger partial charge on any atom is -0.307 e. The Kier molecular flexibility index (Phi) is 6.38. The molecule has 0 bridgehead atoms. The lowest BCUT2D eigenvalue weighted by Crippen LogP contribution is -2.00. The van der Waals surface area contributed by atoms with E-state index in [1.54, 1.807) is 0 Å². The van der Waals surface area contributed by atoms with Gasteiger partial charge in [0, 0.05) is 17.5 Å². The lowest BCUT2D eigenvalue weighted by Gasteiger charge is -1.91. The minimum atomic E-state index is 1.20. The van der Waals surface area contributed by atoms with Gasteiger partial charge in [0.1, 0.15) is 13.6 Å². The van der Waals surface area contributed by atoms with Gasteiger partial charge in [-0.2, -0.15) is 0 Å². The fraction of sp³-hybridized carbons (Fsp3) is 0.0833. The molecule has 0 radical (unpaired) electrons. The number of nitrogens with one attached hydrogen (secondary N) is 1. The van der Waals surface area contributed by atoms with Gasteiger partial charge in [0.25, 0.3) is 0 Å². The predicted octanol–water partition coefficient (Wildman–Crippen LogP) is 1.59. The van der Waals surface area contributed by atoms with E-state index in [4.69, 9.17) is 9.59 Å². The van der Waals surface area contributed by atoms with Gasteiger partial charge in [-0.1, -0.05) is 6.07 Å². The Morgan fingerprint density at radius 3 is 2.40 bits per heavy atom. The zero-order chi connectivity index (χ0) is 11.7. The van der Waals surface area contributed by atoms with Crippen molar-refractivity contribution in [1.82, 2.24) is 0 Å². The number of H-pyrrole nitrogens is 1. The van der Waals surface area contributed by atoms with Crippen LogP contribution in [0.15, 0.2) is 36.5 Å². The number of aromatic nitrogens is 1. The lowest BCUT2D eigenvalue weighted by molar-refractivity contribution is -0.344. The van der Waals surface area contributed by atoms with Gasteiger partial charge in [-0.25, -0.2) is 4.98 Å². The van der Waals surface area contributed by atoms with Crippen molar-refractivity contribution in [3.8, 4) is 0 Å². The van der Waals surface area contributed by atoms with Crippen LogP contribution >= 0.6 is 0 Å². The van der Waals surface area contributed by atoms with Crippen LogP contribution in [-0.4, -0.2) is 13.6 Å². The lowest BCUT2D eigenvalue weighted by atomic mass is 10.1. The van der Waals surface area contributed by atoms with Crippen molar-refractivity contribution in [2.24, 2.45) is 0 Å². The second kappa shape index (κ2) is 7.38. The molecule has 0 saturated carbocycles. The van der Waals surface area contributed by atoms with E-state index in [1.807, 2.05) is 25.8 Å². The summed E-state index contributed by atoms with van der Waals surface area (Å²) >= 11 is 0. The van der Waals surface area contributed by atoms with E-state index in [0.29, 0.717) is 0 Å². The Labute approximate surface area is 88.8 Å². The van der Waals surface area contributed by atoms with Gasteiger partial charge in [-0.15, -0.1) is 0 Å². The molecular formula is C12H14NO2+. The maximum Gasteiger partial charge on any atom is 0.211 e. The monoisotopic (exact) mass is 204 g/mol. The van der Waals surface area contributed by atoms with E-state index in [-0.39, 0.29) is 0 Å². The number of benzene rings is 1. The molecule has 3 heteroatoms. The summed E-state index contributed by atoms with van der Waals surface area (Å²) in [4.78, 5) is 19.2. The molecular weight excluding hydrogens is 190 g/mol. The third kappa shape index (κ3) is 3.68. The van der Waals surface area contributed by atoms with Crippen molar-refractivity contribution in [3.63, 3.8) is 0 Å². The summed E-state index contributed by atoms with van der Waals surface area (Å²) in [5.74, 6) is 0. The van der Waals surface area contributed by atoms with Gasteiger partial charge < -0.3 is 9.59 Å². The van der Waals surface area contributed by atoms with E-state index in [2.05, 4.69) is 36.2 Å². The minimum absolute atomic E-state index is 1.20. The number of carbonyl (C=O) groups is 2. The summed E-state index contributed by atoms with van der Waals surface area (Å²) in [7, 11) is 0. The van der Waals surface area contributed by atoms with Crippen LogP contribution in [0.3, 0.4) is 0 Å². The molecule has 1 heterocycles. The maximum atomic E-state index is 8.00. The van der Waals surface area contributed by atoms with Crippen molar-refractivity contribution >= 4 is 24.5 Å². The summed E-state index contributed by atoms with van der Waals surface area (Å²) < 4.78 is 0. The third-order valence-electron chi connectivity index (χ3n) is 1.82. The molecule has 1 aromatic carbocycles. The second-order valence-corrected chi connectivity index (χ2v) is 2.76. The van der Waals surface area contributed by atoms with Gasteiger partial charge in [-0.05, 0) is 24.6 Å². The van der Waals surface area contributed by atoms with Gasteiger partial charge in [-0.3, -0.25) is 0 Å². The van der Waals surface area contributed by atoms with Crippen LogP contribution in [0.4, 0.5) is 0 Å². The van der Waals surface area contributed by atoms with Gasteiger partial charge in [0.05, 0.1) is 0 Å². The number of hydrogen-bond donors (Lipinski definition) is 0. The average Bonchev–Trinajstić information content (AvgIpc) is 2.34. The number of aromatic amines is 1. The quantitative estimate of drug-likeness (QED) is 0.654. The highest BCUT2D eigenvalue weighted by Gasteiger charge is 1.96. The van der Waals surface area contributed by atoms with Gasteiger partial charge in [0.15, 0.2) is 6.20 Å². The summed E-state index contributed by atoms with van der Waals surface area (Å²) in [5.41, 5.74) is 2.49. The van der Waals surface area contributed by atoms with Crippen molar-refractivity contribution in [3.05, 3.63) is 42.1 Å². The van der Waals surface area contributed by atoms with E-state index >= 15 is 0 Å². The van der Waals surface area contributed by atoms with Crippen LogP contribution in [0.5, 0.6) is 0 Å². The van der Waals surface area contributed by atoms with E-state index in [1.165, 1.54) is 16.5 Å². The number of fused-ring (bicyclic) bond motifs is 1. The molecule has 1 N–H and O–H groups in total. The van der Waals surface area contributed by atoms with Crippen molar-refractivity contribution in [2.45, 2.75) is 6.92 Å².